The molecule has 0 N–H and O–H groups in total. The molecule has 2 fully saturated rings. The van der Waals surface area contributed by atoms with Crippen molar-refractivity contribution in [1.82, 2.24) is 14.2 Å². The van der Waals surface area contributed by atoms with Crippen LogP contribution < -0.4 is 0 Å². The SMILES string of the molecule is CC1CN2CCCCC2CN1S(=O)(=O)c1cncc(Br)c1. The van der Waals surface area contributed by atoms with Crippen LogP contribution in [0.15, 0.2) is 27.8 Å². The van der Waals surface area contributed by atoms with Crippen LogP contribution in [0.25, 0.3) is 0 Å². The first kappa shape index (κ1) is 15.4. The molecule has 1 aromatic rings. The molecule has 21 heavy (non-hydrogen) atoms. The van der Waals surface area contributed by atoms with Crippen molar-refractivity contribution in [2.45, 2.75) is 43.2 Å². The molecule has 0 spiro atoms. The molecule has 0 saturated carbocycles. The highest BCUT2D eigenvalue weighted by molar-refractivity contribution is 9.10. The van der Waals surface area contributed by atoms with Crippen molar-refractivity contribution < 1.29 is 8.42 Å². The Morgan fingerprint density at radius 3 is 2.86 bits per heavy atom. The predicted molar refractivity (Wildman–Crippen MR) is 84.5 cm³/mol. The van der Waals surface area contributed by atoms with E-state index >= 15 is 0 Å². The number of hydrogen-bond acceptors (Lipinski definition) is 4. The molecule has 0 aromatic carbocycles. The van der Waals surface area contributed by atoms with Gasteiger partial charge in [0.2, 0.25) is 10.0 Å². The summed E-state index contributed by atoms with van der Waals surface area (Å²) in [6, 6.07) is 2.00. The normalized spacial score (nSPS) is 28.3. The molecule has 3 rings (SSSR count). The Bertz CT molecular complexity index is 622. The molecule has 1 aromatic heterocycles. The number of rotatable bonds is 2. The molecule has 7 heteroatoms. The highest BCUT2D eigenvalue weighted by Gasteiger charge is 2.39. The Kier molecular flexibility index (Phi) is 4.36. The van der Waals surface area contributed by atoms with Gasteiger partial charge in [0.15, 0.2) is 0 Å². The average molecular weight is 374 g/mol. The van der Waals surface area contributed by atoms with Crippen LogP contribution in [0.1, 0.15) is 26.2 Å². The Hall–Kier alpha value is -0.500. The van der Waals surface area contributed by atoms with Crippen molar-refractivity contribution in [2.75, 3.05) is 19.6 Å². The zero-order valence-corrected chi connectivity index (χ0v) is 14.5. The fourth-order valence-corrected chi connectivity index (χ4v) is 5.49. The Morgan fingerprint density at radius 1 is 1.29 bits per heavy atom. The number of piperidine rings is 1. The van der Waals surface area contributed by atoms with E-state index in [2.05, 4.69) is 25.8 Å². The molecule has 5 nitrogen and oxygen atoms in total. The van der Waals surface area contributed by atoms with E-state index in [1.807, 2.05) is 6.92 Å². The Morgan fingerprint density at radius 2 is 2.10 bits per heavy atom. The van der Waals surface area contributed by atoms with Crippen molar-refractivity contribution in [3.63, 3.8) is 0 Å². The third-order valence-electron chi connectivity index (χ3n) is 4.42. The molecule has 0 aliphatic carbocycles. The summed E-state index contributed by atoms with van der Waals surface area (Å²) in [7, 11) is -3.47. The van der Waals surface area contributed by atoms with E-state index in [-0.39, 0.29) is 10.9 Å². The van der Waals surface area contributed by atoms with Gasteiger partial charge in [-0.25, -0.2) is 8.42 Å². The summed E-state index contributed by atoms with van der Waals surface area (Å²) in [5.41, 5.74) is 0. The lowest BCUT2D eigenvalue weighted by atomic mass is 9.99. The topological polar surface area (TPSA) is 53.5 Å². The zero-order valence-electron chi connectivity index (χ0n) is 12.1. The van der Waals surface area contributed by atoms with Crippen molar-refractivity contribution >= 4 is 26.0 Å². The fourth-order valence-electron chi connectivity index (χ4n) is 3.33. The minimum atomic E-state index is -3.47. The number of piperazine rings is 1. The van der Waals surface area contributed by atoms with Crippen LogP contribution in [0.5, 0.6) is 0 Å². The number of halogens is 1. The number of nitrogens with zero attached hydrogens (tertiary/aromatic N) is 3. The van der Waals surface area contributed by atoms with Gasteiger partial charge in [-0.1, -0.05) is 6.42 Å². The minimum absolute atomic E-state index is 0.00308. The zero-order chi connectivity index (χ0) is 15.0. The van der Waals surface area contributed by atoms with E-state index in [4.69, 9.17) is 0 Å². The van der Waals surface area contributed by atoms with Crippen LogP contribution in [0.4, 0.5) is 0 Å². The molecule has 3 heterocycles. The molecular formula is C14H20BrN3O2S. The lowest BCUT2D eigenvalue weighted by molar-refractivity contribution is 0.0564. The molecule has 2 unspecified atom stereocenters. The van der Waals surface area contributed by atoms with Gasteiger partial charge in [-0.05, 0) is 48.3 Å². The van der Waals surface area contributed by atoms with E-state index in [9.17, 15) is 8.42 Å². The molecule has 0 radical (unpaired) electrons. The van der Waals surface area contributed by atoms with E-state index in [1.54, 1.807) is 16.6 Å². The van der Waals surface area contributed by atoms with Gasteiger partial charge in [-0.3, -0.25) is 9.88 Å². The third kappa shape index (κ3) is 3.02. The summed E-state index contributed by atoms with van der Waals surface area (Å²) < 4.78 is 28.1. The van der Waals surface area contributed by atoms with Gasteiger partial charge < -0.3 is 0 Å². The van der Waals surface area contributed by atoms with Crippen LogP contribution in [-0.4, -0.2) is 54.3 Å². The summed E-state index contributed by atoms with van der Waals surface area (Å²) in [4.78, 5) is 6.70. The molecular weight excluding hydrogens is 354 g/mol. The van der Waals surface area contributed by atoms with E-state index in [0.29, 0.717) is 17.1 Å². The predicted octanol–water partition coefficient (Wildman–Crippen LogP) is 2.09. The monoisotopic (exact) mass is 373 g/mol. The first-order valence-corrected chi connectivity index (χ1v) is 9.58. The number of pyridine rings is 1. The largest absolute Gasteiger partial charge is 0.297 e. The number of aromatic nitrogens is 1. The lowest BCUT2D eigenvalue weighted by Gasteiger charge is -2.46. The molecule has 0 amide bonds. The van der Waals surface area contributed by atoms with Gasteiger partial charge in [0.05, 0.1) is 0 Å². The summed E-state index contributed by atoms with van der Waals surface area (Å²) in [5, 5.41) is 0. The maximum Gasteiger partial charge on any atom is 0.244 e. The molecule has 2 atom stereocenters. The van der Waals surface area contributed by atoms with Crippen molar-refractivity contribution in [1.29, 1.82) is 0 Å². The van der Waals surface area contributed by atoms with Gasteiger partial charge in [-0.15, -0.1) is 0 Å². The maximum absolute atomic E-state index is 12.9. The minimum Gasteiger partial charge on any atom is -0.297 e. The first-order valence-electron chi connectivity index (χ1n) is 7.35. The van der Waals surface area contributed by atoms with Gasteiger partial charge >= 0.3 is 0 Å². The second-order valence-electron chi connectivity index (χ2n) is 5.91. The van der Waals surface area contributed by atoms with E-state index in [1.165, 1.54) is 19.0 Å². The van der Waals surface area contributed by atoms with Crippen molar-refractivity contribution in [2.24, 2.45) is 0 Å². The molecule has 116 valence electrons. The average Bonchev–Trinajstić information content (AvgIpc) is 2.46. The third-order valence-corrected chi connectivity index (χ3v) is 6.80. The van der Waals surface area contributed by atoms with Crippen molar-refractivity contribution in [3.8, 4) is 0 Å². The van der Waals surface area contributed by atoms with Crippen LogP contribution in [-0.2, 0) is 10.0 Å². The van der Waals surface area contributed by atoms with Crippen molar-refractivity contribution in [3.05, 3.63) is 22.9 Å². The van der Waals surface area contributed by atoms with Crippen LogP contribution in [0.2, 0.25) is 0 Å². The second-order valence-corrected chi connectivity index (χ2v) is 8.71. The standard InChI is InChI=1S/C14H20BrN3O2S/c1-11-9-17-5-3-2-4-13(17)10-18(11)21(19,20)14-6-12(15)7-16-8-14/h6-8,11,13H,2-5,9-10H2,1H3. The Labute approximate surface area is 134 Å². The van der Waals surface area contributed by atoms with Gasteiger partial charge in [0.25, 0.3) is 0 Å². The maximum atomic E-state index is 12.9. The number of fused-ring (bicyclic) bond motifs is 1. The molecule has 2 aliphatic rings. The summed E-state index contributed by atoms with van der Waals surface area (Å²) in [6.45, 7) is 4.51. The second kappa shape index (κ2) is 5.95. The highest BCUT2D eigenvalue weighted by atomic mass is 79.9. The number of sulfonamides is 1. The Balaban J connectivity index is 1.88. The summed E-state index contributed by atoms with van der Waals surface area (Å²) in [5.74, 6) is 0. The van der Waals surface area contributed by atoms with Gasteiger partial charge in [-0.2, -0.15) is 4.31 Å². The quantitative estimate of drug-likeness (QED) is 0.796. The first-order chi connectivity index (χ1) is 9.98. The summed E-state index contributed by atoms with van der Waals surface area (Å²) >= 11 is 3.30. The van der Waals surface area contributed by atoms with E-state index in [0.717, 1.165) is 19.5 Å². The highest BCUT2D eigenvalue weighted by Crippen LogP contribution is 2.28. The fraction of sp³-hybridized carbons (Fsp3) is 0.643. The molecule has 0 bridgehead atoms. The van der Waals surface area contributed by atoms with Crippen LogP contribution in [0, 0.1) is 0 Å². The number of hydrogen-bond donors (Lipinski definition) is 0. The van der Waals surface area contributed by atoms with Crippen LogP contribution >= 0.6 is 15.9 Å². The van der Waals surface area contributed by atoms with Crippen LogP contribution in [0.3, 0.4) is 0 Å². The molecule has 2 saturated heterocycles. The van der Waals surface area contributed by atoms with E-state index < -0.39 is 10.0 Å². The van der Waals surface area contributed by atoms with Gasteiger partial charge in [0.1, 0.15) is 4.90 Å². The lowest BCUT2D eigenvalue weighted by Crippen LogP contribution is -2.59. The smallest absolute Gasteiger partial charge is 0.244 e. The summed E-state index contributed by atoms with van der Waals surface area (Å²) in [6.07, 6.45) is 6.55. The molecule has 2 aliphatic heterocycles. The van der Waals surface area contributed by atoms with Gasteiger partial charge in [0, 0.05) is 42.0 Å².